The van der Waals surface area contributed by atoms with Gasteiger partial charge >= 0.3 is 11.4 Å². The second-order valence-corrected chi connectivity index (χ2v) is 8.31. The molecule has 2 aliphatic heterocycles. The summed E-state index contributed by atoms with van der Waals surface area (Å²) in [7, 11) is 0. The van der Waals surface area contributed by atoms with Gasteiger partial charge in [0.2, 0.25) is 11.4 Å². The van der Waals surface area contributed by atoms with E-state index in [1.165, 1.54) is 13.0 Å². The number of aromatic nitrogens is 4. The topological polar surface area (TPSA) is 235 Å². The zero-order chi connectivity index (χ0) is 25.0. The highest BCUT2D eigenvalue weighted by Crippen LogP contribution is 2.53. The molecule has 0 aliphatic carbocycles. The summed E-state index contributed by atoms with van der Waals surface area (Å²) in [6, 6.07) is 1.18. The van der Waals surface area contributed by atoms with Gasteiger partial charge in [0.15, 0.2) is 0 Å². The lowest BCUT2D eigenvalue weighted by Crippen LogP contribution is -2.67. The molecular formula is C19H25N5O10. The lowest BCUT2D eigenvalue weighted by Gasteiger charge is -2.47. The number of H-pyrrole nitrogens is 1. The lowest BCUT2D eigenvalue weighted by molar-refractivity contribution is -0.308. The van der Waals surface area contributed by atoms with Crippen LogP contribution in [0.15, 0.2) is 32.8 Å². The first kappa shape index (κ1) is 24.2. The first-order valence-corrected chi connectivity index (χ1v) is 10.3. The summed E-state index contributed by atoms with van der Waals surface area (Å²) >= 11 is 0. The van der Waals surface area contributed by atoms with Gasteiger partial charge in [-0.15, -0.1) is 0 Å². The number of hydrogen-bond donors (Lipinski definition) is 7. The van der Waals surface area contributed by atoms with Gasteiger partial charge in [0.1, 0.15) is 30.2 Å². The molecule has 7 atom stereocenters. The van der Waals surface area contributed by atoms with Gasteiger partial charge in [-0.2, -0.15) is 4.98 Å². The van der Waals surface area contributed by atoms with Gasteiger partial charge in [0.05, 0.1) is 19.3 Å². The molecule has 4 heterocycles. The Morgan fingerprint density at radius 3 is 2.38 bits per heavy atom. The summed E-state index contributed by atoms with van der Waals surface area (Å²) in [5.41, 5.74) is -2.12. The fourth-order valence-corrected chi connectivity index (χ4v) is 4.67. The quantitative estimate of drug-likeness (QED) is 0.212. The molecule has 8 N–H and O–H groups in total. The van der Waals surface area contributed by atoms with E-state index in [2.05, 4.69) is 9.97 Å². The normalized spacial score (nSPS) is 35.6. The van der Waals surface area contributed by atoms with Crippen molar-refractivity contribution < 1.29 is 35.0 Å². The molecule has 2 fully saturated rings. The maximum atomic E-state index is 13.0. The predicted octanol–water partition coefficient (Wildman–Crippen LogP) is -4.76. The number of aryl methyl sites for hydroxylation is 1. The molecule has 2 aromatic rings. The van der Waals surface area contributed by atoms with Gasteiger partial charge < -0.3 is 40.7 Å². The van der Waals surface area contributed by atoms with Crippen LogP contribution in [0.5, 0.6) is 0 Å². The molecule has 0 unspecified atom stereocenters. The number of hydrogen-bond acceptors (Lipinski definition) is 12. The van der Waals surface area contributed by atoms with Crippen molar-refractivity contribution in [2.45, 2.75) is 55.3 Å². The smallest absolute Gasteiger partial charge is 0.352 e. The van der Waals surface area contributed by atoms with E-state index in [0.29, 0.717) is 0 Å². The first-order chi connectivity index (χ1) is 16.0. The first-order valence-electron chi connectivity index (χ1n) is 10.3. The Hall–Kier alpha value is -2.92. The monoisotopic (exact) mass is 483 g/mol. The van der Waals surface area contributed by atoms with Crippen molar-refractivity contribution in [1.29, 1.82) is 0 Å². The number of aliphatic hydroxyl groups is 5. The molecule has 2 saturated heterocycles. The standard InChI is InChI=1S/C19H25N5O10/c1-8-5-24(17(32)22-15(8)30)18(4-9(27)10(6-25)33-18)19(14(29)13(28)11(7-26)34-19)23-3-2-12(20)21-16(23)31/h2-3,5,9-11,13-14,25-29H,4,6-7H2,1H3,(H2,20,21,31)(H,22,30,32)/t9-,10+,11+,13+,14+,18-,19-/m0/s1. The maximum absolute atomic E-state index is 13.0. The predicted molar refractivity (Wildman–Crippen MR) is 111 cm³/mol. The van der Waals surface area contributed by atoms with Crippen LogP contribution in [0.1, 0.15) is 12.0 Å². The Labute approximate surface area is 190 Å². The zero-order valence-corrected chi connectivity index (χ0v) is 17.9. The summed E-state index contributed by atoms with van der Waals surface area (Å²) in [5, 5.41) is 52.2. The Bertz CT molecular complexity index is 1260. The number of aromatic amines is 1. The molecule has 4 rings (SSSR count). The lowest BCUT2D eigenvalue weighted by atomic mass is 9.87. The molecule has 0 amide bonds. The number of rotatable bonds is 5. The second kappa shape index (κ2) is 8.38. The van der Waals surface area contributed by atoms with E-state index in [0.717, 1.165) is 21.5 Å². The molecular weight excluding hydrogens is 458 g/mol. The van der Waals surface area contributed by atoms with E-state index in [1.54, 1.807) is 0 Å². The van der Waals surface area contributed by atoms with Gasteiger partial charge in [0.25, 0.3) is 5.56 Å². The highest BCUT2D eigenvalue weighted by Gasteiger charge is 2.72. The number of nitrogen functional groups attached to an aromatic ring is 1. The molecule has 186 valence electrons. The maximum Gasteiger partial charge on any atom is 0.352 e. The minimum absolute atomic E-state index is 0.0224. The number of nitrogens with zero attached hydrogens (tertiary/aromatic N) is 3. The number of anilines is 1. The number of ether oxygens (including phenoxy) is 2. The third kappa shape index (κ3) is 3.24. The van der Waals surface area contributed by atoms with E-state index in [9.17, 15) is 39.9 Å². The average Bonchev–Trinajstić information content (AvgIpc) is 3.26. The molecule has 0 saturated carbocycles. The summed E-state index contributed by atoms with van der Waals surface area (Å²) in [6.07, 6.45) is -6.48. The van der Waals surface area contributed by atoms with Gasteiger partial charge in [-0.05, 0) is 13.0 Å². The average molecular weight is 483 g/mol. The van der Waals surface area contributed by atoms with E-state index in [1.807, 2.05) is 0 Å². The Morgan fingerprint density at radius 2 is 1.82 bits per heavy atom. The Morgan fingerprint density at radius 1 is 1.15 bits per heavy atom. The molecule has 0 spiro atoms. The largest absolute Gasteiger partial charge is 0.394 e. The van der Waals surface area contributed by atoms with E-state index < -0.39 is 78.5 Å². The fourth-order valence-electron chi connectivity index (χ4n) is 4.67. The van der Waals surface area contributed by atoms with Gasteiger partial charge in [0, 0.05) is 24.4 Å². The SMILES string of the molecule is Cc1cn([C@@]2([C@@]3(n4ccc(N)nc4=O)O[C@H](CO)[C@@H](O)[C@H]3O)C[C@H](O)[C@@H](CO)O2)c(=O)[nH]c1=O. The summed E-state index contributed by atoms with van der Waals surface area (Å²) < 4.78 is 13.4. The summed E-state index contributed by atoms with van der Waals surface area (Å²) in [6.45, 7) is -0.163. The van der Waals surface area contributed by atoms with Crippen LogP contribution in [-0.2, 0) is 20.9 Å². The van der Waals surface area contributed by atoms with Crippen molar-refractivity contribution in [2.24, 2.45) is 0 Å². The van der Waals surface area contributed by atoms with Crippen molar-refractivity contribution >= 4 is 5.82 Å². The summed E-state index contributed by atoms with van der Waals surface area (Å²) in [4.78, 5) is 43.7. The van der Waals surface area contributed by atoms with Crippen LogP contribution in [0.2, 0.25) is 0 Å². The van der Waals surface area contributed by atoms with Crippen molar-refractivity contribution in [2.75, 3.05) is 18.9 Å². The Balaban J connectivity index is 2.14. The molecule has 15 heteroatoms. The number of nitrogens with one attached hydrogen (secondary N) is 1. The van der Waals surface area contributed by atoms with Gasteiger partial charge in [-0.1, -0.05) is 0 Å². The Kier molecular flexibility index (Phi) is 5.97. The molecule has 0 aromatic carbocycles. The molecule has 0 radical (unpaired) electrons. The highest BCUT2D eigenvalue weighted by molar-refractivity contribution is 5.25. The van der Waals surface area contributed by atoms with Crippen molar-refractivity contribution in [3.05, 3.63) is 55.3 Å². The van der Waals surface area contributed by atoms with Crippen LogP contribution in [0.3, 0.4) is 0 Å². The van der Waals surface area contributed by atoms with Gasteiger partial charge in [-0.25, -0.2) is 9.59 Å². The summed E-state index contributed by atoms with van der Waals surface area (Å²) in [5.74, 6) is -0.185. The van der Waals surface area contributed by atoms with Crippen LogP contribution < -0.4 is 22.7 Å². The van der Waals surface area contributed by atoms with E-state index in [-0.39, 0.29) is 11.4 Å². The number of nitrogens with two attached hydrogens (primary N) is 1. The molecule has 2 aromatic heterocycles. The van der Waals surface area contributed by atoms with Crippen LogP contribution in [-0.4, -0.2) is 88.4 Å². The van der Waals surface area contributed by atoms with Crippen LogP contribution in [0, 0.1) is 6.92 Å². The highest BCUT2D eigenvalue weighted by atomic mass is 16.6. The van der Waals surface area contributed by atoms with E-state index in [4.69, 9.17) is 15.2 Å². The molecule has 15 nitrogen and oxygen atoms in total. The van der Waals surface area contributed by atoms with Crippen LogP contribution in [0.4, 0.5) is 5.82 Å². The van der Waals surface area contributed by atoms with Crippen molar-refractivity contribution in [1.82, 2.24) is 19.1 Å². The van der Waals surface area contributed by atoms with Crippen molar-refractivity contribution in [3.8, 4) is 0 Å². The number of aliphatic hydroxyl groups excluding tert-OH is 5. The van der Waals surface area contributed by atoms with Crippen molar-refractivity contribution in [3.63, 3.8) is 0 Å². The minimum Gasteiger partial charge on any atom is -0.394 e. The van der Waals surface area contributed by atoms with Crippen LogP contribution >= 0.6 is 0 Å². The molecule has 2 aliphatic rings. The molecule has 34 heavy (non-hydrogen) atoms. The minimum atomic E-state index is -2.53. The molecule has 0 bridgehead atoms. The zero-order valence-electron chi connectivity index (χ0n) is 17.9. The van der Waals surface area contributed by atoms with E-state index >= 15 is 0 Å². The van der Waals surface area contributed by atoms with Gasteiger partial charge in [-0.3, -0.25) is 18.9 Å². The fraction of sp³-hybridized carbons (Fsp3) is 0.579. The third-order valence-corrected chi connectivity index (χ3v) is 6.31. The third-order valence-electron chi connectivity index (χ3n) is 6.31. The second-order valence-electron chi connectivity index (χ2n) is 8.31. The van der Waals surface area contributed by atoms with Crippen LogP contribution in [0.25, 0.3) is 0 Å².